The van der Waals surface area contributed by atoms with Crippen molar-refractivity contribution in [2.75, 3.05) is 18.0 Å². The molecule has 0 aliphatic heterocycles. The molecule has 1 rings (SSSR count). The highest BCUT2D eigenvalue weighted by atomic mass is 15.1. The van der Waals surface area contributed by atoms with Crippen molar-refractivity contribution in [2.45, 2.75) is 0 Å². The van der Waals surface area contributed by atoms with Crippen molar-refractivity contribution in [2.24, 2.45) is 0 Å². The number of anilines is 1. The lowest BCUT2D eigenvalue weighted by Gasteiger charge is -2.23. The van der Waals surface area contributed by atoms with Gasteiger partial charge >= 0.3 is 0 Å². The van der Waals surface area contributed by atoms with Crippen molar-refractivity contribution in [3.63, 3.8) is 0 Å². The fourth-order valence-corrected chi connectivity index (χ4v) is 1.67. The van der Waals surface area contributed by atoms with E-state index in [-0.39, 0.29) is 0 Å². The maximum absolute atomic E-state index is 3.79. The van der Waals surface area contributed by atoms with Crippen LogP contribution in [0.1, 0.15) is 5.56 Å². The molecule has 0 aliphatic rings. The molecule has 0 unspecified atom stereocenters. The Labute approximate surface area is 104 Å². The van der Waals surface area contributed by atoms with Crippen LogP contribution in [-0.2, 0) is 0 Å². The summed E-state index contributed by atoms with van der Waals surface area (Å²) in [4.78, 5) is 2.22. The van der Waals surface area contributed by atoms with Gasteiger partial charge in [0.25, 0.3) is 0 Å². The lowest BCUT2D eigenvalue weighted by molar-refractivity contribution is 0.955. The summed E-state index contributed by atoms with van der Waals surface area (Å²) in [5.41, 5.74) is 2.36. The molecule has 0 aromatic heterocycles. The van der Waals surface area contributed by atoms with E-state index >= 15 is 0 Å². The molecule has 0 heterocycles. The third-order valence-electron chi connectivity index (χ3n) is 2.39. The van der Waals surface area contributed by atoms with Gasteiger partial charge in [0, 0.05) is 18.8 Å². The first-order valence-corrected chi connectivity index (χ1v) is 5.68. The minimum Gasteiger partial charge on any atom is -0.364 e. The summed E-state index contributed by atoms with van der Waals surface area (Å²) in [7, 11) is 0. The van der Waals surface area contributed by atoms with Crippen LogP contribution in [0.25, 0.3) is 6.08 Å². The molecule has 0 fully saturated rings. The van der Waals surface area contributed by atoms with Gasteiger partial charge in [-0.25, -0.2) is 0 Å². The predicted molar refractivity (Wildman–Crippen MR) is 78.3 cm³/mol. The molecule has 0 bridgehead atoms. The molecule has 1 aromatic carbocycles. The summed E-state index contributed by atoms with van der Waals surface area (Å²) in [5.74, 6) is 0. The molecular weight excluding hydrogens is 206 g/mol. The number of allylic oxidation sites excluding steroid dienone is 2. The molecule has 1 nitrogen and oxygen atoms in total. The van der Waals surface area contributed by atoms with Crippen LogP contribution >= 0.6 is 0 Å². The number of hydrogen-bond acceptors (Lipinski definition) is 1. The molecule has 1 aromatic rings. The smallest absolute Gasteiger partial charge is 0.0445 e. The summed E-state index contributed by atoms with van der Waals surface area (Å²) >= 11 is 0. The first kappa shape index (κ1) is 13.0. The van der Waals surface area contributed by atoms with Gasteiger partial charge in [-0.15, -0.1) is 13.2 Å². The Morgan fingerprint density at radius 3 is 2.24 bits per heavy atom. The van der Waals surface area contributed by atoms with Crippen molar-refractivity contribution >= 4 is 11.8 Å². The second-order valence-electron chi connectivity index (χ2n) is 3.64. The number of para-hydroxylation sites is 1. The van der Waals surface area contributed by atoms with Crippen LogP contribution in [0.3, 0.4) is 0 Å². The zero-order valence-corrected chi connectivity index (χ0v) is 10.2. The molecule has 1 heteroatoms. The van der Waals surface area contributed by atoms with E-state index in [1.54, 1.807) is 6.08 Å². The number of nitrogens with zero attached hydrogens (tertiary/aromatic N) is 1. The van der Waals surface area contributed by atoms with Gasteiger partial charge in [-0.1, -0.05) is 55.2 Å². The van der Waals surface area contributed by atoms with Gasteiger partial charge in [-0.05, 0) is 11.6 Å². The minimum absolute atomic E-state index is 0.810. The summed E-state index contributed by atoms with van der Waals surface area (Å²) in [6.45, 7) is 12.9. The van der Waals surface area contributed by atoms with E-state index < -0.39 is 0 Å². The Morgan fingerprint density at radius 1 is 1.00 bits per heavy atom. The molecule has 0 spiro atoms. The van der Waals surface area contributed by atoms with Crippen molar-refractivity contribution in [3.05, 3.63) is 73.9 Å². The summed E-state index contributed by atoms with van der Waals surface area (Å²) in [6.07, 6.45) is 9.58. The highest BCUT2D eigenvalue weighted by molar-refractivity contribution is 5.68. The van der Waals surface area contributed by atoms with E-state index in [9.17, 15) is 0 Å². The standard InChI is InChI=1S/C16H19N/c1-4-7-10-15-11-8-9-12-16(15)17(13-5-2)14-6-3/h4-12H,1-3,13-14H2/b10-7+. The first-order chi connectivity index (χ1) is 8.33. The van der Waals surface area contributed by atoms with Crippen LogP contribution in [0.2, 0.25) is 0 Å². The monoisotopic (exact) mass is 225 g/mol. The number of hydrogen-bond donors (Lipinski definition) is 0. The van der Waals surface area contributed by atoms with E-state index in [1.807, 2.05) is 30.4 Å². The van der Waals surface area contributed by atoms with Gasteiger partial charge < -0.3 is 4.90 Å². The average molecular weight is 225 g/mol. The Kier molecular flexibility index (Phi) is 5.59. The van der Waals surface area contributed by atoms with Crippen molar-refractivity contribution < 1.29 is 0 Å². The number of benzene rings is 1. The fraction of sp³-hybridized carbons (Fsp3) is 0.125. The fourth-order valence-electron chi connectivity index (χ4n) is 1.67. The molecule has 0 saturated heterocycles. The topological polar surface area (TPSA) is 3.24 Å². The Bertz CT molecular complexity index is 405. The quantitative estimate of drug-likeness (QED) is 0.499. The van der Waals surface area contributed by atoms with Gasteiger partial charge in [0.2, 0.25) is 0 Å². The van der Waals surface area contributed by atoms with Gasteiger partial charge in [0.05, 0.1) is 0 Å². The molecule has 0 N–H and O–H groups in total. The first-order valence-electron chi connectivity index (χ1n) is 5.68. The minimum atomic E-state index is 0.810. The van der Waals surface area contributed by atoms with Crippen LogP contribution < -0.4 is 4.90 Å². The van der Waals surface area contributed by atoms with Crippen LogP contribution in [0.15, 0.2) is 68.3 Å². The zero-order valence-electron chi connectivity index (χ0n) is 10.2. The molecule has 88 valence electrons. The van der Waals surface area contributed by atoms with E-state index in [1.165, 1.54) is 11.3 Å². The van der Waals surface area contributed by atoms with Crippen LogP contribution in [0.4, 0.5) is 5.69 Å². The van der Waals surface area contributed by atoms with Crippen LogP contribution in [0, 0.1) is 0 Å². The van der Waals surface area contributed by atoms with Crippen molar-refractivity contribution in [3.8, 4) is 0 Å². The summed E-state index contributed by atoms with van der Waals surface area (Å²) in [6, 6.07) is 8.27. The molecule has 0 radical (unpaired) electrons. The van der Waals surface area contributed by atoms with Gasteiger partial charge in [-0.3, -0.25) is 0 Å². The highest BCUT2D eigenvalue weighted by Gasteiger charge is 2.05. The van der Waals surface area contributed by atoms with Crippen molar-refractivity contribution in [1.29, 1.82) is 0 Å². The third kappa shape index (κ3) is 3.80. The zero-order chi connectivity index (χ0) is 12.5. The van der Waals surface area contributed by atoms with Gasteiger partial charge in [0.1, 0.15) is 0 Å². The second-order valence-corrected chi connectivity index (χ2v) is 3.64. The molecule has 0 aliphatic carbocycles. The molecular formula is C16H19N. The maximum Gasteiger partial charge on any atom is 0.0445 e. The van der Waals surface area contributed by atoms with E-state index in [2.05, 4.69) is 42.8 Å². The lowest BCUT2D eigenvalue weighted by Crippen LogP contribution is -2.23. The SMILES string of the molecule is C=C/C=C/c1ccccc1N(CC=C)CC=C. The van der Waals surface area contributed by atoms with Gasteiger partial charge in [-0.2, -0.15) is 0 Å². The number of rotatable bonds is 7. The Morgan fingerprint density at radius 2 is 1.65 bits per heavy atom. The van der Waals surface area contributed by atoms with Crippen LogP contribution in [-0.4, -0.2) is 13.1 Å². The summed E-state index contributed by atoms with van der Waals surface area (Å²) < 4.78 is 0. The van der Waals surface area contributed by atoms with Crippen LogP contribution in [0.5, 0.6) is 0 Å². The van der Waals surface area contributed by atoms with E-state index in [0.29, 0.717) is 0 Å². The molecule has 0 amide bonds. The maximum atomic E-state index is 3.79. The largest absolute Gasteiger partial charge is 0.364 e. The predicted octanol–water partition coefficient (Wildman–Crippen LogP) is 4.06. The Hall–Kier alpha value is -2.02. The second kappa shape index (κ2) is 7.29. The third-order valence-corrected chi connectivity index (χ3v) is 2.39. The molecule has 0 saturated carbocycles. The summed E-state index contributed by atoms with van der Waals surface area (Å²) in [5, 5.41) is 0. The van der Waals surface area contributed by atoms with Crippen molar-refractivity contribution in [1.82, 2.24) is 0 Å². The normalized spacial score (nSPS) is 10.1. The highest BCUT2D eigenvalue weighted by Crippen LogP contribution is 2.21. The lowest BCUT2D eigenvalue weighted by atomic mass is 10.1. The molecule has 0 atom stereocenters. The van der Waals surface area contributed by atoms with E-state index in [4.69, 9.17) is 0 Å². The average Bonchev–Trinajstić information content (AvgIpc) is 2.36. The Balaban J connectivity index is 3.07. The molecule has 17 heavy (non-hydrogen) atoms. The van der Waals surface area contributed by atoms with Gasteiger partial charge in [0.15, 0.2) is 0 Å². The van der Waals surface area contributed by atoms with E-state index in [0.717, 1.165) is 13.1 Å².